The summed E-state index contributed by atoms with van der Waals surface area (Å²) in [5.41, 5.74) is 17.6. The summed E-state index contributed by atoms with van der Waals surface area (Å²) in [6.45, 7) is 38.6. The Balaban J connectivity index is 0.000000193. The number of nitrogens with two attached hydrogens (primary N) is 3. The second-order valence-electron chi connectivity index (χ2n) is 48.6. The van der Waals surface area contributed by atoms with Gasteiger partial charge in [0, 0.05) is 39.8 Å². The standard InChI is InChI=1S/C36H52N6O7.C35H50N6O7.C34H56N6O7/c1-7-38-34(48)49-18-25(35(2,3)4)40-33(47)41-27(22-15-20-10-8-9-11-21(20)16-22)32(46)42-17-23-26(36(23,5)6)28(42)31(45)39-24(14-19-12-13-19)29(43)30(37)44;1-34(2,3)24(17-48-33(47)37-6)39-32(46)40-26(21-14-19-9-7-8-10-20(19)15-21)31(45)41-16-22-25(35(22,4)5)27(41)30(44)38-23(13-18-11-12-18)28(42)29(36)43;1-32(2,3)22(17-47-31(46)36-15-19-12-13-19)38-30(45)39-26(33(4,5)6)29(44)40-16-20-23(34(20,7)8)24(40)28(43)37-21(25(41)27(35)42)14-18-10-9-11-18/h8-11,19,22-28H,7,12-18H2,1-6H3,(H2,37,44)(H,38,48)(H,39,45)(H2,40,41,47);7-10,18,21-27H,11-17H2,1-6H3,(H2,36,43)(H,37,47)(H,38,44)(H2,39,40,46);18-24,26H,9-17H2,1-8H3,(H2,35,42)(H,36,46)(H,37,43)(H2,38,39,45)/t23-,24?,25+,26-,27-,28-;22-,23?,24+,25-,26-,27-;20-,21?,22+,23-,24-,26+/m000/s1. The number of fused-ring (bicyclic) bond motifs is 5. The summed E-state index contributed by atoms with van der Waals surface area (Å²) in [5, 5.41) is 33.6. The van der Waals surface area contributed by atoms with E-state index in [0.717, 1.165) is 80.0 Å². The number of carbonyl (C=O) groups excluding carboxylic acids is 18. The number of ketones is 3. The predicted molar refractivity (Wildman–Crippen MR) is 532 cm³/mol. The average Bonchev–Trinajstić information content (AvgIpc) is 1.53. The van der Waals surface area contributed by atoms with Crippen molar-refractivity contribution >= 4 is 107 Å². The largest absolute Gasteiger partial charge is 0.447 e. The number of hydrogen-bond donors (Lipinski definition) is 15. The second kappa shape index (κ2) is 44.3. The summed E-state index contributed by atoms with van der Waals surface area (Å²) in [4.78, 5) is 241. The summed E-state index contributed by atoms with van der Waals surface area (Å²) < 4.78 is 16.0. The Labute approximate surface area is 845 Å². The minimum absolute atomic E-state index is 0.0551. The molecule has 10 fully saturated rings. The Kier molecular flexibility index (Phi) is 34.2. The predicted octanol–water partition coefficient (Wildman–Crippen LogP) is 6.18. The highest BCUT2D eigenvalue weighted by Crippen LogP contribution is 2.67. The van der Waals surface area contributed by atoms with Gasteiger partial charge in [-0.1, -0.05) is 218 Å². The molecule has 12 aliphatic rings. The zero-order valence-electron chi connectivity index (χ0n) is 87.6. The van der Waals surface area contributed by atoms with E-state index in [1.165, 1.54) is 11.9 Å². The maximum Gasteiger partial charge on any atom is 0.407 e. The third-order valence-corrected chi connectivity index (χ3v) is 32.8. The van der Waals surface area contributed by atoms with Gasteiger partial charge in [-0.2, -0.15) is 0 Å². The molecular weight excluding hydrogens is 1850 g/mol. The number of rotatable bonds is 38. The van der Waals surface area contributed by atoms with E-state index in [2.05, 4.69) is 105 Å². The smallest absolute Gasteiger partial charge is 0.407 e. The Morgan fingerprint density at radius 1 is 0.375 bits per heavy atom. The van der Waals surface area contributed by atoms with Gasteiger partial charge in [0.25, 0.3) is 17.7 Å². The van der Waals surface area contributed by atoms with Crippen molar-refractivity contribution in [2.75, 3.05) is 59.6 Å². The molecule has 18 amide bonds. The summed E-state index contributed by atoms with van der Waals surface area (Å²) in [6, 6.07) is 3.68. The van der Waals surface area contributed by atoms with Crippen molar-refractivity contribution in [3.05, 3.63) is 70.8 Å². The number of nitrogens with zero attached hydrogens (tertiary/aromatic N) is 3. The van der Waals surface area contributed by atoms with Crippen molar-refractivity contribution in [2.45, 2.75) is 307 Å². The van der Waals surface area contributed by atoms with Gasteiger partial charge < -0.3 is 110 Å². The highest BCUT2D eigenvalue weighted by atomic mass is 16.6. The van der Waals surface area contributed by atoms with E-state index in [1.807, 2.05) is 132 Å². The van der Waals surface area contributed by atoms with Crippen molar-refractivity contribution in [3.8, 4) is 0 Å². The number of nitrogens with one attached hydrogen (secondary N) is 12. The van der Waals surface area contributed by atoms with Crippen LogP contribution in [0, 0.1) is 109 Å². The molecule has 0 aromatic heterocycles. The lowest BCUT2D eigenvalue weighted by atomic mass is 9.80. The lowest BCUT2D eigenvalue weighted by Gasteiger charge is -2.39. The number of hydrogen-bond acceptors (Lipinski definition) is 21. The van der Waals surface area contributed by atoms with Crippen LogP contribution in [0.25, 0.3) is 0 Å². The number of ether oxygens (including phenoxy) is 3. The number of piperidine rings is 3. The lowest BCUT2D eigenvalue weighted by Crippen LogP contribution is -2.62. The summed E-state index contributed by atoms with van der Waals surface area (Å²) in [6.07, 6.45) is 10.2. The molecule has 7 saturated carbocycles. The molecule has 9 aliphatic carbocycles. The van der Waals surface area contributed by atoms with Crippen LogP contribution in [-0.2, 0) is 97.4 Å². The number of urea groups is 3. The van der Waals surface area contributed by atoms with Crippen molar-refractivity contribution in [1.82, 2.24) is 78.5 Å². The molecule has 3 saturated heterocycles. The SMILES string of the molecule is CC(C)(C)[C@H](NC(=O)N[C@H](COC(=O)NCC1CC1)C(C)(C)C)C(=O)N1C[C@H]2[C@@H]([C@H]1C(=O)NC(CC1CCC1)C(=O)C(N)=O)C2(C)C.CCNC(=O)OC[C@@H](NC(=O)N[C@H](C(=O)N1C[C@H]2[C@@H]([C@H]1C(=O)NC(CC1CC1)C(=O)C(N)=O)C2(C)C)C1Cc2ccccc2C1)C(C)(C)C.CNC(=O)OC[C@@H](NC(=O)N[C@H](C(=O)N1C[C@H]2[C@@H]([C@H]1C(=O)NC(CC1CC1)C(=O)C(N)=O)C2(C)C)C1Cc2ccccc2C1)C(C)(C)C. The van der Waals surface area contributed by atoms with Gasteiger partial charge in [0.1, 0.15) is 56.1 Å². The van der Waals surface area contributed by atoms with Gasteiger partial charge in [-0.15, -0.1) is 0 Å². The maximum absolute atomic E-state index is 14.7. The molecule has 0 radical (unpaired) electrons. The molecular formula is C105H158N18O21. The Bertz CT molecular complexity index is 5140. The number of benzene rings is 2. The fraction of sp³-hybridized carbons (Fsp3) is 0.714. The Hall–Kier alpha value is -11.7. The molecule has 3 aliphatic heterocycles. The summed E-state index contributed by atoms with van der Waals surface area (Å²) in [5.74, 6) is -8.02. The van der Waals surface area contributed by atoms with Crippen LogP contribution in [0.5, 0.6) is 0 Å². The van der Waals surface area contributed by atoms with Crippen LogP contribution in [-0.4, -0.2) is 254 Å². The van der Waals surface area contributed by atoms with Gasteiger partial charge in [0.2, 0.25) is 52.8 Å². The first kappa shape index (κ1) is 111. The molecule has 2 aromatic rings. The van der Waals surface area contributed by atoms with Crippen molar-refractivity contribution < 1.29 is 101 Å². The van der Waals surface area contributed by atoms with E-state index in [4.69, 9.17) is 31.4 Å². The van der Waals surface area contributed by atoms with Crippen LogP contribution in [0.1, 0.15) is 231 Å². The van der Waals surface area contributed by atoms with E-state index in [0.29, 0.717) is 83.6 Å². The fourth-order valence-electron chi connectivity index (χ4n) is 22.3. The first-order valence-corrected chi connectivity index (χ1v) is 51.6. The Morgan fingerprint density at radius 2 is 0.667 bits per heavy atom. The molecule has 18 N–H and O–H groups in total. The summed E-state index contributed by atoms with van der Waals surface area (Å²) in [7, 11) is 1.45. The molecule has 39 nitrogen and oxygen atoms in total. The molecule has 794 valence electrons. The van der Waals surface area contributed by atoms with E-state index < -0.39 is 189 Å². The molecule has 2 aromatic carbocycles. The minimum atomic E-state index is -1.10. The maximum atomic E-state index is 14.7. The first-order valence-electron chi connectivity index (χ1n) is 51.6. The monoisotopic (exact) mass is 2010 g/mol. The molecule has 0 spiro atoms. The molecule has 144 heavy (non-hydrogen) atoms. The van der Waals surface area contributed by atoms with E-state index >= 15 is 0 Å². The van der Waals surface area contributed by atoms with Gasteiger partial charge in [-0.25, -0.2) is 28.8 Å². The molecule has 39 heteroatoms. The Morgan fingerprint density at radius 3 is 0.938 bits per heavy atom. The van der Waals surface area contributed by atoms with Gasteiger partial charge in [-0.3, -0.25) is 57.5 Å². The van der Waals surface area contributed by atoms with Gasteiger partial charge in [-0.05, 0) is 196 Å². The van der Waals surface area contributed by atoms with Gasteiger partial charge in [0.15, 0.2) is 0 Å². The van der Waals surface area contributed by atoms with Crippen LogP contribution in [0.15, 0.2) is 48.5 Å². The number of alkyl carbamates (subject to hydrolysis) is 3. The zero-order valence-corrected chi connectivity index (χ0v) is 87.6. The number of primary amides is 3. The van der Waals surface area contributed by atoms with Crippen molar-refractivity contribution in [3.63, 3.8) is 0 Å². The number of carbonyl (C=O) groups is 18. The van der Waals surface area contributed by atoms with Gasteiger partial charge >= 0.3 is 36.4 Å². The molecule has 18 atom stereocenters. The number of likely N-dealkylation sites (tertiary alicyclic amines) is 3. The van der Waals surface area contributed by atoms with E-state index in [9.17, 15) is 86.3 Å². The highest BCUT2D eigenvalue weighted by Gasteiger charge is 2.73. The highest BCUT2D eigenvalue weighted by molar-refractivity contribution is 6.39. The second-order valence-corrected chi connectivity index (χ2v) is 48.6. The minimum Gasteiger partial charge on any atom is -0.447 e. The average molecular weight is 2010 g/mol. The number of amides is 18. The number of Topliss-reactive ketones (excluding diaryl/α,β-unsaturated/α-hetero) is 3. The van der Waals surface area contributed by atoms with Crippen molar-refractivity contribution in [1.29, 1.82) is 0 Å². The van der Waals surface area contributed by atoms with Crippen LogP contribution < -0.4 is 81.0 Å². The molecule has 14 rings (SSSR count). The van der Waals surface area contributed by atoms with Crippen LogP contribution in [0.3, 0.4) is 0 Å². The van der Waals surface area contributed by atoms with Crippen LogP contribution >= 0.6 is 0 Å². The zero-order chi connectivity index (χ0) is 106. The van der Waals surface area contributed by atoms with Crippen LogP contribution in [0.4, 0.5) is 28.8 Å². The van der Waals surface area contributed by atoms with E-state index in [-0.39, 0.29) is 113 Å². The van der Waals surface area contributed by atoms with Crippen molar-refractivity contribution in [2.24, 2.45) is 126 Å². The normalized spacial score (nSPS) is 24.5. The lowest BCUT2D eigenvalue weighted by molar-refractivity contribution is -0.145. The molecule has 3 heterocycles. The molecule has 3 unspecified atom stereocenters. The molecule has 0 bridgehead atoms. The topological polar surface area (TPSA) is 567 Å². The van der Waals surface area contributed by atoms with E-state index in [1.54, 1.807) is 16.7 Å². The third-order valence-electron chi connectivity index (χ3n) is 32.8. The van der Waals surface area contributed by atoms with Gasteiger partial charge in [0.05, 0.1) is 36.3 Å². The third kappa shape index (κ3) is 27.0. The first-order chi connectivity index (χ1) is 67.3. The summed E-state index contributed by atoms with van der Waals surface area (Å²) >= 11 is 0. The fourth-order valence-corrected chi connectivity index (χ4v) is 22.3. The van der Waals surface area contributed by atoms with Crippen LogP contribution in [0.2, 0.25) is 0 Å². The quantitative estimate of drug-likeness (QED) is 0.0264.